The Labute approximate surface area is 169 Å². The molecule has 1 amide bonds. The van der Waals surface area contributed by atoms with Crippen molar-refractivity contribution in [1.82, 2.24) is 15.2 Å². The minimum Gasteiger partial charge on any atom is -0.497 e. The Hall–Kier alpha value is -2.91. The summed E-state index contributed by atoms with van der Waals surface area (Å²) in [5, 5.41) is 11.7. The predicted octanol–water partition coefficient (Wildman–Crippen LogP) is 4.39. The van der Waals surface area contributed by atoms with Crippen LogP contribution in [-0.4, -0.2) is 34.0 Å². The van der Waals surface area contributed by atoms with E-state index in [9.17, 15) is 4.79 Å². The van der Waals surface area contributed by atoms with Crippen LogP contribution < -0.4 is 10.1 Å². The number of fused-ring (bicyclic) bond motifs is 1. The first-order chi connectivity index (χ1) is 13.6. The molecule has 4 aromatic rings. The molecular weight excluding hydrogens is 396 g/mol. The van der Waals surface area contributed by atoms with Crippen LogP contribution in [-0.2, 0) is 4.79 Å². The van der Waals surface area contributed by atoms with Crippen molar-refractivity contribution < 1.29 is 13.9 Å². The van der Waals surface area contributed by atoms with E-state index in [1.165, 1.54) is 23.1 Å². The molecule has 0 unspecified atom stereocenters. The van der Waals surface area contributed by atoms with Crippen molar-refractivity contribution >= 4 is 44.4 Å². The average Bonchev–Trinajstić information content (AvgIpc) is 3.34. The van der Waals surface area contributed by atoms with Crippen LogP contribution in [0.1, 0.15) is 5.56 Å². The fraction of sp³-hybridized carbons (Fsp3) is 0.158. The van der Waals surface area contributed by atoms with E-state index in [4.69, 9.17) is 9.15 Å². The first kappa shape index (κ1) is 18.5. The minimum absolute atomic E-state index is 0.152. The molecule has 2 heterocycles. The molecule has 2 aromatic carbocycles. The molecule has 28 heavy (non-hydrogen) atoms. The molecule has 4 rings (SSSR count). The number of methoxy groups -OCH3 is 1. The third kappa shape index (κ3) is 4.00. The monoisotopic (exact) mass is 412 g/mol. The lowest BCUT2D eigenvalue weighted by atomic mass is 10.2. The van der Waals surface area contributed by atoms with Crippen molar-refractivity contribution in [3.63, 3.8) is 0 Å². The molecule has 0 aliphatic heterocycles. The second-order valence-electron chi connectivity index (χ2n) is 5.88. The molecule has 0 radical (unpaired) electrons. The number of thioether (sulfide) groups is 1. The third-order valence-electron chi connectivity index (χ3n) is 3.94. The first-order valence-corrected chi connectivity index (χ1v) is 10.2. The van der Waals surface area contributed by atoms with Crippen LogP contribution in [0.25, 0.3) is 21.7 Å². The number of benzene rings is 2. The number of hydrogen-bond donors (Lipinski definition) is 1. The van der Waals surface area contributed by atoms with Gasteiger partial charge in [-0.15, -0.1) is 10.2 Å². The van der Waals surface area contributed by atoms with Gasteiger partial charge in [0.15, 0.2) is 5.13 Å². The molecule has 0 spiro atoms. The number of ether oxygens (including phenoxy) is 1. The summed E-state index contributed by atoms with van der Waals surface area (Å²) in [6.45, 7) is 2.00. The van der Waals surface area contributed by atoms with E-state index < -0.39 is 0 Å². The minimum atomic E-state index is -0.175. The number of anilines is 1. The molecule has 1 N–H and O–H groups in total. The molecule has 2 aromatic heterocycles. The zero-order valence-corrected chi connectivity index (χ0v) is 16.8. The summed E-state index contributed by atoms with van der Waals surface area (Å²) in [5.74, 6) is 1.12. The van der Waals surface area contributed by atoms with Crippen LogP contribution in [0.2, 0.25) is 0 Å². The van der Waals surface area contributed by atoms with Crippen LogP contribution in [0, 0.1) is 6.92 Å². The van der Waals surface area contributed by atoms with Gasteiger partial charge in [-0.3, -0.25) is 4.79 Å². The van der Waals surface area contributed by atoms with E-state index in [0.717, 1.165) is 27.1 Å². The number of nitrogens with one attached hydrogen (secondary N) is 1. The SMILES string of the molecule is COc1ccc(-c2nnc(SCC(=O)Nc3nc4c(C)cccc4s3)o2)cc1. The molecule has 0 saturated carbocycles. The van der Waals surface area contributed by atoms with E-state index in [1.54, 1.807) is 7.11 Å². The fourth-order valence-electron chi connectivity index (χ4n) is 2.54. The number of carbonyl (C=O) groups is 1. The van der Waals surface area contributed by atoms with Gasteiger partial charge in [-0.2, -0.15) is 0 Å². The Morgan fingerprint density at radius 3 is 2.79 bits per heavy atom. The molecule has 142 valence electrons. The van der Waals surface area contributed by atoms with Gasteiger partial charge < -0.3 is 14.5 Å². The van der Waals surface area contributed by atoms with Gasteiger partial charge in [0.1, 0.15) is 5.75 Å². The normalized spacial score (nSPS) is 10.9. The predicted molar refractivity (Wildman–Crippen MR) is 110 cm³/mol. The van der Waals surface area contributed by atoms with E-state index in [2.05, 4.69) is 20.5 Å². The van der Waals surface area contributed by atoms with Gasteiger partial charge in [-0.05, 0) is 42.8 Å². The zero-order valence-electron chi connectivity index (χ0n) is 15.1. The molecule has 0 atom stereocenters. The lowest BCUT2D eigenvalue weighted by molar-refractivity contribution is -0.113. The van der Waals surface area contributed by atoms with Crippen LogP contribution >= 0.6 is 23.1 Å². The summed E-state index contributed by atoms with van der Waals surface area (Å²) < 4.78 is 11.8. The quantitative estimate of drug-likeness (QED) is 0.470. The Kier molecular flexibility index (Phi) is 5.27. The standard InChI is InChI=1S/C19H16N4O3S2/c1-11-4-3-5-14-16(11)21-18(28-14)20-15(24)10-27-19-23-22-17(26-19)12-6-8-13(25-2)9-7-12/h3-9H,10H2,1-2H3,(H,20,21,24). The topological polar surface area (TPSA) is 90.1 Å². The first-order valence-electron chi connectivity index (χ1n) is 8.39. The van der Waals surface area contributed by atoms with Crippen molar-refractivity contribution in [1.29, 1.82) is 0 Å². The lowest BCUT2D eigenvalue weighted by Crippen LogP contribution is -2.13. The highest BCUT2D eigenvalue weighted by Crippen LogP contribution is 2.28. The molecule has 0 aliphatic carbocycles. The molecule has 7 nitrogen and oxygen atoms in total. The Morgan fingerprint density at radius 2 is 2.04 bits per heavy atom. The van der Waals surface area contributed by atoms with E-state index in [-0.39, 0.29) is 11.7 Å². The number of para-hydroxylation sites is 1. The highest BCUT2D eigenvalue weighted by atomic mass is 32.2. The average molecular weight is 412 g/mol. The van der Waals surface area contributed by atoms with E-state index in [1.807, 2.05) is 49.4 Å². The molecule has 0 fully saturated rings. The molecule has 9 heteroatoms. The van der Waals surface area contributed by atoms with E-state index in [0.29, 0.717) is 16.2 Å². The van der Waals surface area contributed by atoms with Gasteiger partial charge in [-0.25, -0.2) is 4.98 Å². The van der Waals surface area contributed by atoms with Crippen molar-refractivity contribution in [2.24, 2.45) is 0 Å². The summed E-state index contributed by atoms with van der Waals surface area (Å²) in [6.07, 6.45) is 0. The fourth-order valence-corrected chi connectivity index (χ4v) is 4.06. The number of thiazole rings is 1. The van der Waals surface area contributed by atoms with Gasteiger partial charge in [0.25, 0.3) is 5.22 Å². The molecule has 0 saturated heterocycles. The van der Waals surface area contributed by atoms with Crippen molar-refractivity contribution in [2.45, 2.75) is 12.1 Å². The smallest absolute Gasteiger partial charge is 0.277 e. The molecule has 0 aliphatic rings. The molecular formula is C19H16N4O3S2. The number of amides is 1. The second kappa shape index (κ2) is 7.99. The lowest BCUT2D eigenvalue weighted by Gasteiger charge is -1.99. The summed E-state index contributed by atoms with van der Waals surface area (Å²) in [4.78, 5) is 16.7. The van der Waals surface area contributed by atoms with Crippen LogP contribution in [0.3, 0.4) is 0 Å². The van der Waals surface area contributed by atoms with Crippen molar-refractivity contribution in [3.8, 4) is 17.2 Å². The van der Waals surface area contributed by atoms with Crippen LogP contribution in [0.15, 0.2) is 52.1 Å². The summed E-state index contributed by atoms with van der Waals surface area (Å²) in [5.41, 5.74) is 2.78. The number of hydrogen-bond acceptors (Lipinski definition) is 8. The summed E-state index contributed by atoms with van der Waals surface area (Å²) in [7, 11) is 1.61. The van der Waals surface area contributed by atoms with Gasteiger partial charge in [0, 0.05) is 5.56 Å². The van der Waals surface area contributed by atoms with Crippen LogP contribution in [0.4, 0.5) is 5.13 Å². The maximum atomic E-state index is 12.2. The van der Waals surface area contributed by atoms with E-state index >= 15 is 0 Å². The Balaban J connectivity index is 1.36. The maximum Gasteiger partial charge on any atom is 0.277 e. The number of nitrogens with zero attached hydrogens (tertiary/aromatic N) is 3. The van der Waals surface area contributed by atoms with Gasteiger partial charge in [0.05, 0.1) is 23.1 Å². The second-order valence-corrected chi connectivity index (χ2v) is 7.84. The maximum absolute atomic E-state index is 12.2. The number of rotatable bonds is 6. The van der Waals surface area contributed by atoms with Crippen molar-refractivity contribution in [3.05, 3.63) is 48.0 Å². The number of aromatic nitrogens is 3. The largest absolute Gasteiger partial charge is 0.497 e. The highest BCUT2D eigenvalue weighted by Gasteiger charge is 2.13. The number of carbonyl (C=O) groups excluding carboxylic acids is 1. The molecule has 0 bridgehead atoms. The Morgan fingerprint density at radius 1 is 1.21 bits per heavy atom. The summed E-state index contributed by atoms with van der Waals surface area (Å²) in [6, 6.07) is 13.3. The van der Waals surface area contributed by atoms with Crippen LogP contribution in [0.5, 0.6) is 5.75 Å². The third-order valence-corrected chi connectivity index (χ3v) is 5.69. The summed E-state index contributed by atoms with van der Waals surface area (Å²) >= 11 is 2.63. The highest BCUT2D eigenvalue weighted by molar-refractivity contribution is 7.99. The van der Waals surface area contributed by atoms with Gasteiger partial charge in [0.2, 0.25) is 11.8 Å². The number of aryl methyl sites for hydroxylation is 1. The van der Waals surface area contributed by atoms with Crippen molar-refractivity contribution in [2.75, 3.05) is 18.2 Å². The zero-order chi connectivity index (χ0) is 19.5. The van der Waals surface area contributed by atoms with Gasteiger partial charge >= 0.3 is 0 Å². The Bertz CT molecular complexity index is 1120. The van der Waals surface area contributed by atoms with Gasteiger partial charge in [-0.1, -0.05) is 35.2 Å².